The summed E-state index contributed by atoms with van der Waals surface area (Å²) in [5.74, 6) is 0.908. The van der Waals surface area contributed by atoms with Crippen LogP contribution in [-0.2, 0) is 22.5 Å². The Morgan fingerprint density at radius 3 is 2.75 bits per heavy atom. The molecular formula is C27H34N8O4S. The fourth-order valence-corrected chi connectivity index (χ4v) is 5.89. The van der Waals surface area contributed by atoms with E-state index < -0.39 is 5.97 Å². The molecule has 3 aromatic rings. The van der Waals surface area contributed by atoms with E-state index >= 15 is 0 Å². The molecule has 13 heteroatoms. The Kier molecular flexibility index (Phi) is 8.70. The van der Waals surface area contributed by atoms with E-state index in [-0.39, 0.29) is 18.4 Å². The number of aromatic nitrogens is 4. The van der Waals surface area contributed by atoms with Gasteiger partial charge in [-0.1, -0.05) is 17.4 Å². The van der Waals surface area contributed by atoms with E-state index in [1.807, 2.05) is 12.3 Å². The van der Waals surface area contributed by atoms with Crippen LogP contribution in [0.3, 0.4) is 0 Å². The highest BCUT2D eigenvalue weighted by Crippen LogP contribution is 2.35. The lowest BCUT2D eigenvalue weighted by molar-refractivity contribution is -0.137. The number of nitrogens with zero attached hydrogens (tertiary/aromatic N) is 6. The molecule has 5 heterocycles. The lowest BCUT2D eigenvalue weighted by atomic mass is 10.0. The van der Waals surface area contributed by atoms with E-state index in [4.69, 9.17) is 19.8 Å². The Labute approximate surface area is 236 Å². The number of anilines is 4. The van der Waals surface area contributed by atoms with Crippen molar-refractivity contribution in [2.75, 3.05) is 48.3 Å². The molecule has 0 saturated carbocycles. The predicted molar refractivity (Wildman–Crippen MR) is 152 cm³/mol. The van der Waals surface area contributed by atoms with Gasteiger partial charge in [-0.15, -0.1) is 0 Å². The van der Waals surface area contributed by atoms with Crippen LogP contribution in [0, 0.1) is 6.92 Å². The molecular weight excluding hydrogens is 532 g/mol. The number of carbonyl (C=O) groups is 2. The van der Waals surface area contributed by atoms with Gasteiger partial charge in [-0.25, -0.2) is 9.78 Å². The topological polar surface area (TPSA) is 146 Å². The van der Waals surface area contributed by atoms with Crippen LogP contribution in [-0.4, -0.2) is 80.7 Å². The molecule has 5 rings (SSSR count). The third-order valence-electron chi connectivity index (χ3n) is 7.06. The van der Waals surface area contributed by atoms with E-state index in [0.29, 0.717) is 41.3 Å². The molecule has 0 spiro atoms. The first kappa shape index (κ1) is 27.7. The van der Waals surface area contributed by atoms with Gasteiger partial charge in [-0.05, 0) is 44.7 Å². The second-order valence-corrected chi connectivity index (χ2v) is 10.9. The number of aliphatic carboxylic acids is 1. The Hall–Kier alpha value is -3.84. The number of carboxylic acids is 1. The van der Waals surface area contributed by atoms with Crippen molar-refractivity contribution in [3.8, 4) is 0 Å². The minimum absolute atomic E-state index is 0.160. The molecule has 0 bridgehead atoms. The zero-order chi connectivity index (χ0) is 28.1. The molecule has 3 aromatic heterocycles. The number of esters is 1. The van der Waals surface area contributed by atoms with Crippen LogP contribution >= 0.6 is 11.3 Å². The zero-order valence-corrected chi connectivity index (χ0v) is 23.5. The Morgan fingerprint density at radius 1 is 1.20 bits per heavy atom. The van der Waals surface area contributed by atoms with Crippen LogP contribution in [0.25, 0.3) is 0 Å². The number of ether oxygens (including phenoxy) is 1. The Morgan fingerprint density at radius 2 is 2.02 bits per heavy atom. The van der Waals surface area contributed by atoms with Gasteiger partial charge >= 0.3 is 11.9 Å². The maximum Gasteiger partial charge on any atom is 0.350 e. The van der Waals surface area contributed by atoms with Gasteiger partial charge in [0.25, 0.3) is 0 Å². The molecule has 12 nitrogen and oxygen atoms in total. The zero-order valence-electron chi connectivity index (χ0n) is 22.7. The summed E-state index contributed by atoms with van der Waals surface area (Å²) >= 11 is 1.22. The molecule has 0 aromatic carbocycles. The minimum Gasteiger partial charge on any atom is -0.481 e. The number of piperidine rings is 1. The lowest BCUT2D eigenvalue weighted by Crippen LogP contribution is -2.40. The van der Waals surface area contributed by atoms with Gasteiger partial charge in [0.2, 0.25) is 5.95 Å². The van der Waals surface area contributed by atoms with Crippen molar-refractivity contribution >= 4 is 46.0 Å². The summed E-state index contributed by atoms with van der Waals surface area (Å²) in [4.78, 5) is 46.7. The van der Waals surface area contributed by atoms with Crippen LogP contribution in [0.4, 0.5) is 22.7 Å². The van der Waals surface area contributed by atoms with Gasteiger partial charge < -0.3 is 25.0 Å². The predicted octanol–water partition coefficient (Wildman–Crippen LogP) is 3.47. The highest BCUT2D eigenvalue weighted by molar-refractivity contribution is 7.17. The fraction of sp³-hybridized carbons (Fsp3) is 0.481. The number of rotatable bonds is 11. The molecule has 0 unspecified atom stereocenters. The summed E-state index contributed by atoms with van der Waals surface area (Å²) in [5, 5.41) is 16.4. The van der Waals surface area contributed by atoms with Gasteiger partial charge in [-0.3, -0.25) is 15.1 Å². The lowest BCUT2D eigenvalue weighted by Gasteiger charge is -2.32. The average Bonchev–Trinajstić information content (AvgIpc) is 3.52. The van der Waals surface area contributed by atoms with Crippen molar-refractivity contribution in [3.05, 3.63) is 46.2 Å². The normalized spacial score (nSPS) is 15.6. The molecule has 0 atom stereocenters. The number of pyridine rings is 1. The van der Waals surface area contributed by atoms with Crippen molar-refractivity contribution in [1.82, 2.24) is 24.8 Å². The van der Waals surface area contributed by atoms with Gasteiger partial charge in [0.1, 0.15) is 16.5 Å². The van der Waals surface area contributed by atoms with Crippen LogP contribution in [0.2, 0.25) is 0 Å². The SMILES string of the molecule is CCOC(=O)c1sc(Nc2nc(NC3CCN(CCC(=O)O)CC3)c3c(n2)N(Cc2cccnc2)CC3)nc1C. The first-order valence-electron chi connectivity index (χ1n) is 13.6. The molecule has 2 aliphatic rings. The number of fused-ring (bicyclic) bond motifs is 1. The summed E-state index contributed by atoms with van der Waals surface area (Å²) in [6, 6.07) is 4.21. The quantitative estimate of drug-likeness (QED) is 0.292. The maximum atomic E-state index is 12.3. The van der Waals surface area contributed by atoms with Crippen molar-refractivity contribution in [1.29, 1.82) is 0 Å². The number of aryl methyl sites for hydroxylation is 1. The molecule has 1 saturated heterocycles. The van der Waals surface area contributed by atoms with Crippen LogP contribution in [0.15, 0.2) is 24.5 Å². The standard InChI is InChI=1S/C27H34N8O4S/c1-3-39-25(38)22-17(2)29-27(40-22)33-26-31-23(30-19-6-11-34(12-7-19)13-9-21(36)37)20-8-14-35(24(20)32-26)16-18-5-4-10-28-15-18/h4-5,10,15,19H,3,6-9,11-14,16H2,1-2H3,(H,36,37)(H2,29,30,31,32,33). The highest BCUT2D eigenvalue weighted by Gasteiger charge is 2.29. The molecule has 3 N–H and O–H groups in total. The highest BCUT2D eigenvalue weighted by atomic mass is 32.1. The van der Waals surface area contributed by atoms with E-state index in [0.717, 1.165) is 61.7 Å². The first-order chi connectivity index (χ1) is 19.4. The molecule has 0 radical (unpaired) electrons. The van der Waals surface area contributed by atoms with Gasteiger partial charge in [0, 0.05) is 56.7 Å². The summed E-state index contributed by atoms with van der Waals surface area (Å²) in [6.07, 6.45) is 6.41. The molecule has 40 heavy (non-hydrogen) atoms. The summed E-state index contributed by atoms with van der Waals surface area (Å²) in [7, 11) is 0. The largest absolute Gasteiger partial charge is 0.481 e. The van der Waals surface area contributed by atoms with Crippen molar-refractivity contribution < 1.29 is 19.4 Å². The smallest absolute Gasteiger partial charge is 0.350 e. The number of thiazole rings is 1. The molecule has 2 aliphatic heterocycles. The van der Waals surface area contributed by atoms with Crippen molar-refractivity contribution in [2.24, 2.45) is 0 Å². The number of nitrogens with one attached hydrogen (secondary N) is 2. The first-order valence-corrected chi connectivity index (χ1v) is 14.4. The number of likely N-dealkylation sites (tertiary alicyclic amines) is 1. The number of carboxylic acid groups (broad SMARTS) is 1. The summed E-state index contributed by atoms with van der Waals surface area (Å²) in [6.45, 7) is 7.60. The minimum atomic E-state index is -0.766. The summed E-state index contributed by atoms with van der Waals surface area (Å²) < 4.78 is 5.16. The van der Waals surface area contributed by atoms with Gasteiger partial charge in [-0.2, -0.15) is 9.97 Å². The van der Waals surface area contributed by atoms with E-state index in [2.05, 4.69) is 36.5 Å². The van der Waals surface area contributed by atoms with Crippen LogP contribution in [0.5, 0.6) is 0 Å². The third kappa shape index (κ3) is 6.65. The van der Waals surface area contributed by atoms with Gasteiger partial charge in [0.05, 0.1) is 18.7 Å². The van der Waals surface area contributed by atoms with Crippen molar-refractivity contribution in [3.63, 3.8) is 0 Å². The second kappa shape index (κ2) is 12.6. The van der Waals surface area contributed by atoms with Crippen LogP contribution < -0.4 is 15.5 Å². The van der Waals surface area contributed by atoms with E-state index in [1.54, 1.807) is 20.0 Å². The van der Waals surface area contributed by atoms with Crippen LogP contribution in [0.1, 0.15) is 52.7 Å². The third-order valence-corrected chi connectivity index (χ3v) is 8.11. The van der Waals surface area contributed by atoms with Crippen molar-refractivity contribution in [2.45, 2.75) is 52.1 Å². The molecule has 0 amide bonds. The van der Waals surface area contributed by atoms with Gasteiger partial charge in [0.15, 0.2) is 5.13 Å². The Balaban J connectivity index is 1.37. The maximum absolute atomic E-state index is 12.3. The molecule has 1 fully saturated rings. The monoisotopic (exact) mass is 566 g/mol. The second-order valence-electron chi connectivity index (χ2n) is 9.91. The number of carbonyl (C=O) groups excluding carboxylic acids is 1. The molecule has 0 aliphatic carbocycles. The number of hydrogen-bond acceptors (Lipinski definition) is 12. The average molecular weight is 567 g/mol. The van der Waals surface area contributed by atoms with E-state index in [9.17, 15) is 9.59 Å². The fourth-order valence-electron chi connectivity index (χ4n) is 5.04. The molecule has 212 valence electrons. The Bertz CT molecular complexity index is 1340. The summed E-state index contributed by atoms with van der Waals surface area (Å²) in [5.41, 5.74) is 2.77. The number of hydrogen-bond donors (Lipinski definition) is 3. The van der Waals surface area contributed by atoms with E-state index in [1.165, 1.54) is 11.3 Å².